The molecule has 0 aliphatic heterocycles. The fourth-order valence-electron chi connectivity index (χ4n) is 1.29. The van der Waals surface area contributed by atoms with Gasteiger partial charge in [-0.3, -0.25) is 4.68 Å². The quantitative estimate of drug-likeness (QED) is 0.819. The van der Waals surface area contributed by atoms with Crippen molar-refractivity contribution in [2.24, 2.45) is 0 Å². The van der Waals surface area contributed by atoms with Crippen LogP contribution in [-0.2, 0) is 6.54 Å². The van der Waals surface area contributed by atoms with Gasteiger partial charge in [0, 0.05) is 17.8 Å². The maximum absolute atomic E-state index is 13.2. The molecule has 0 aliphatic carbocycles. The van der Waals surface area contributed by atoms with E-state index in [1.54, 1.807) is 6.20 Å². The van der Waals surface area contributed by atoms with Gasteiger partial charge in [0.05, 0.1) is 18.4 Å². The van der Waals surface area contributed by atoms with Crippen molar-refractivity contribution in [3.8, 4) is 0 Å². The Kier molecular flexibility index (Phi) is 2.37. The summed E-state index contributed by atoms with van der Waals surface area (Å²) in [7, 11) is 0. The van der Waals surface area contributed by atoms with E-state index in [0.717, 1.165) is 6.07 Å². The molecule has 1 aromatic heterocycles. The summed E-state index contributed by atoms with van der Waals surface area (Å²) in [4.78, 5) is 0. The number of nitrogens with two attached hydrogens (primary N) is 1. The van der Waals surface area contributed by atoms with Crippen LogP contribution in [0.3, 0.4) is 0 Å². The molecule has 0 bridgehead atoms. The second-order valence-corrected chi connectivity index (χ2v) is 3.21. The molecule has 3 nitrogen and oxygen atoms in total. The summed E-state index contributed by atoms with van der Waals surface area (Å²) in [5, 5.41) is 3.91. The van der Waals surface area contributed by atoms with Gasteiger partial charge in [-0.2, -0.15) is 5.10 Å². The summed E-state index contributed by atoms with van der Waals surface area (Å²) >= 11 is 0. The standard InChI is InChI=1S/C10H9F2N3/c11-8-2-1-7(10(12)3-8)5-15-6-9(13)4-14-15/h1-4,6H,5,13H2. The lowest BCUT2D eigenvalue weighted by atomic mass is 10.2. The molecular formula is C10H9F2N3. The van der Waals surface area contributed by atoms with Crippen LogP contribution in [0, 0.1) is 11.6 Å². The molecule has 0 amide bonds. The monoisotopic (exact) mass is 209 g/mol. The molecule has 2 N–H and O–H groups in total. The second-order valence-electron chi connectivity index (χ2n) is 3.21. The van der Waals surface area contributed by atoms with Crippen LogP contribution in [0.15, 0.2) is 30.6 Å². The largest absolute Gasteiger partial charge is 0.396 e. The van der Waals surface area contributed by atoms with Gasteiger partial charge in [-0.1, -0.05) is 6.07 Å². The highest BCUT2D eigenvalue weighted by atomic mass is 19.1. The molecule has 0 fully saturated rings. The topological polar surface area (TPSA) is 43.8 Å². The van der Waals surface area contributed by atoms with Crippen LogP contribution in [0.4, 0.5) is 14.5 Å². The van der Waals surface area contributed by atoms with Crippen LogP contribution < -0.4 is 5.73 Å². The van der Waals surface area contributed by atoms with Gasteiger partial charge in [-0.05, 0) is 6.07 Å². The van der Waals surface area contributed by atoms with E-state index in [1.165, 1.54) is 23.0 Å². The van der Waals surface area contributed by atoms with E-state index >= 15 is 0 Å². The zero-order chi connectivity index (χ0) is 10.8. The van der Waals surface area contributed by atoms with Crippen molar-refractivity contribution >= 4 is 5.69 Å². The average molecular weight is 209 g/mol. The SMILES string of the molecule is Nc1cnn(Cc2ccc(F)cc2F)c1. The van der Waals surface area contributed by atoms with Gasteiger partial charge in [0.1, 0.15) is 11.6 Å². The lowest BCUT2D eigenvalue weighted by Gasteiger charge is -2.03. The normalized spacial score (nSPS) is 10.5. The minimum absolute atomic E-state index is 0.239. The first-order valence-corrected chi connectivity index (χ1v) is 4.37. The molecule has 5 heteroatoms. The van der Waals surface area contributed by atoms with Crippen molar-refractivity contribution < 1.29 is 8.78 Å². The van der Waals surface area contributed by atoms with E-state index in [4.69, 9.17) is 5.73 Å². The zero-order valence-electron chi connectivity index (χ0n) is 7.82. The molecule has 0 spiro atoms. The fourth-order valence-corrected chi connectivity index (χ4v) is 1.29. The fraction of sp³-hybridized carbons (Fsp3) is 0.100. The van der Waals surface area contributed by atoms with Crippen molar-refractivity contribution in [3.63, 3.8) is 0 Å². The minimum Gasteiger partial charge on any atom is -0.396 e. The van der Waals surface area contributed by atoms with Crippen LogP contribution in [0.5, 0.6) is 0 Å². The minimum atomic E-state index is -0.587. The van der Waals surface area contributed by atoms with Gasteiger partial charge in [-0.25, -0.2) is 8.78 Å². The van der Waals surface area contributed by atoms with Crippen molar-refractivity contribution in [3.05, 3.63) is 47.8 Å². The van der Waals surface area contributed by atoms with Gasteiger partial charge in [0.15, 0.2) is 0 Å². The summed E-state index contributed by atoms with van der Waals surface area (Å²) in [6.07, 6.45) is 3.06. The summed E-state index contributed by atoms with van der Waals surface area (Å²) < 4.78 is 27.3. The smallest absolute Gasteiger partial charge is 0.131 e. The van der Waals surface area contributed by atoms with Crippen LogP contribution >= 0.6 is 0 Å². The number of hydrogen-bond acceptors (Lipinski definition) is 2. The Hall–Kier alpha value is -1.91. The van der Waals surface area contributed by atoms with Crippen LogP contribution in [0.2, 0.25) is 0 Å². The number of aromatic nitrogens is 2. The average Bonchev–Trinajstić information content (AvgIpc) is 2.56. The Morgan fingerprint density at radius 3 is 2.73 bits per heavy atom. The van der Waals surface area contributed by atoms with E-state index in [9.17, 15) is 8.78 Å². The van der Waals surface area contributed by atoms with Crippen LogP contribution in [0.25, 0.3) is 0 Å². The maximum atomic E-state index is 13.2. The Bertz CT molecular complexity index is 479. The lowest BCUT2D eigenvalue weighted by Crippen LogP contribution is -2.02. The van der Waals surface area contributed by atoms with Gasteiger partial charge >= 0.3 is 0 Å². The third kappa shape index (κ3) is 2.12. The van der Waals surface area contributed by atoms with Crippen molar-refractivity contribution in [1.82, 2.24) is 9.78 Å². The van der Waals surface area contributed by atoms with Crippen molar-refractivity contribution in [2.45, 2.75) is 6.54 Å². The third-order valence-electron chi connectivity index (χ3n) is 2.00. The Labute approximate surface area is 85.1 Å². The van der Waals surface area contributed by atoms with Crippen molar-refractivity contribution in [1.29, 1.82) is 0 Å². The molecule has 2 aromatic rings. The number of nitrogen functional groups attached to an aromatic ring is 1. The number of nitrogens with zero attached hydrogens (tertiary/aromatic N) is 2. The summed E-state index contributed by atoms with van der Waals surface area (Å²) in [5.74, 6) is -1.17. The van der Waals surface area contributed by atoms with Gasteiger partial charge in [0.2, 0.25) is 0 Å². The summed E-state index contributed by atoms with van der Waals surface area (Å²) in [5.41, 5.74) is 6.34. The van der Waals surface area contributed by atoms with Crippen LogP contribution in [0.1, 0.15) is 5.56 Å². The molecule has 0 saturated carbocycles. The van der Waals surface area contributed by atoms with Gasteiger partial charge in [0.25, 0.3) is 0 Å². The number of halogens is 2. The highest BCUT2D eigenvalue weighted by Crippen LogP contribution is 2.11. The molecule has 1 aromatic carbocycles. The lowest BCUT2D eigenvalue weighted by molar-refractivity contribution is 0.558. The van der Waals surface area contributed by atoms with E-state index in [1.807, 2.05) is 0 Å². The number of rotatable bonds is 2. The Morgan fingerprint density at radius 1 is 1.33 bits per heavy atom. The molecule has 0 radical (unpaired) electrons. The first-order valence-electron chi connectivity index (χ1n) is 4.37. The van der Waals surface area contributed by atoms with Crippen molar-refractivity contribution in [2.75, 3.05) is 5.73 Å². The van der Waals surface area contributed by atoms with Gasteiger partial charge in [-0.15, -0.1) is 0 Å². The molecule has 0 unspecified atom stereocenters. The highest BCUT2D eigenvalue weighted by Gasteiger charge is 2.04. The highest BCUT2D eigenvalue weighted by molar-refractivity contribution is 5.31. The predicted octanol–water partition coefficient (Wildman–Crippen LogP) is 1.79. The summed E-state index contributed by atoms with van der Waals surface area (Å²) in [6, 6.07) is 3.45. The third-order valence-corrected chi connectivity index (χ3v) is 2.00. The molecule has 0 aliphatic rings. The maximum Gasteiger partial charge on any atom is 0.131 e. The number of hydrogen-bond donors (Lipinski definition) is 1. The second kappa shape index (κ2) is 3.68. The molecule has 15 heavy (non-hydrogen) atoms. The number of anilines is 1. The van der Waals surface area contributed by atoms with E-state index in [-0.39, 0.29) is 6.54 Å². The van der Waals surface area contributed by atoms with E-state index in [2.05, 4.69) is 5.10 Å². The molecule has 0 atom stereocenters. The molecular weight excluding hydrogens is 200 g/mol. The molecule has 78 valence electrons. The Morgan fingerprint density at radius 2 is 2.13 bits per heavy atom. The van der Waals surface area contributed by atoms with Crippen LogP contribution in [-0.4, -0.2) is 9.78 Å². The Balaban J connectivity index is 2.24. The van der Waals surface area contributed by atoms with E-state index in [0.29, 0.717) is 11.3 Å². The number of benzene rings is 1. The molecule has 1 heterocycles. The first kappa shape index (κ1) is 9.64. The molecule has 0 saturated heterocycles. The zero-order valence-corrected chi connectivity index (χ0v) is 7.82. The predicted molar refractivity (Wildman–Crippen MR) is 52.1 cm³/mol. The van der Waals surface area contributed by atoms with Gasteiger partial charge < -0.3 is 5.73 Å². The molecule has 2 rings (SSSR count). The first-order chi connectivity index (χ1) is 7.15. The van der Waals surface area contributed by atoms with E-state index < -0.39 is 11.6 Å². The summed E-state index contributed by atoms with van der Waals surface area (Å²) in [6.45, 7) is 0.239.